The van der Waals surface area contributed by atoms with E-state index in [-0.39, 0.29) is 12.2 Å². The fourth-order valence-corrected chi connectivity index (χ4v) is 0.744. The molecule has 66 valence electrons. The van der Waals surface area contributed by atoms with Crippen molar-refractivity contribution >= 4 is 0 Å². The van der Waals surface area contributed by atoms with Gasteiger partial charge in [-0.15, -0.1) is 0 Å². The highest BCUT2D eigenvalue weighted by Crippen LogP contribution is 2.11. The Morgan fingerprint density at radius 1 is 1.58 bits per heavy atom. The molecule has 0 bridgehead atoms. The van der Waals surface area contributed by atoms with Crippen molar-refractivity contribution in [3.8, 4) is 0 Å². The molecule has 0 aliphatic heterocycles. The summed E-state index contributed by atoms with van der Waals surface area (Å²) in [5.41, 5.74) is 5.61. The monoisotopic (exact) mass is 174 g/mol. The number of aliphatic hydroxyl groups excluding tert-OH is 1. The number of pyridine rings is 1. The number of nitrogens with zero attached hydrogens (tertiary/aromatic N) is 1. The van der Waals surface area contributed by atoms with E-state index in [0.29, 0.717) is 0 Å². The molecular formula is C7H8F2N2O. The maximum absolute atomic E-state index is 12.5. The summed E-state index contributed by atoms with van der Waals surface area (Å²) in [7, 11) is 0. The average molecular weight is 174 g/mol. The number of aromatic nitrogens is 1. The van der Waals surface area contributed by atoms with Gasteiger partial charge in [0, 0.05) is 6.20 Å². The van der Waals surface area contributed by atoms with Gasteiger partial charge in [0.25, 0.3) is 0 Å². The van der Waals surface area contributed by atoms with Crippen LogP contribution in [0.3, 0.4) is 0 Å². The van der Waals surface area contributed by atoms with E-state index in [1.54, 1.807) is 0 Å². The minimum Gasteiger partial charge on any atom is -0.394 e. The van der Waals surface area contributed by atoms with Crippen LogP contribution in [-0.2, 0) is 0 Å². The molecule has 5 heteroatoms. The van der Waals surface area contributed by atoms with Gasteiger partial charge in [-0.3, -0.25) is 0 Å². The van der Waals surface area contributed by atoms with E-state index in [1.807, 2.05) is 0 Å². The van der Waals surface area contributed by atoms with Crippen LogP contribution in [0.2, 0.25) is 0 Å². The minimum atomic E-state index is -1.16. The molecule has 0 radical (unpaired) electrons. The molecule has 0 saturated carbocycles. The van der Waals surface area contributed by atoms with Crippen LogP contribution >= 0.6 is 0 Å². The number of nitrogens with two attached hydrogens (primary N) is 1. The first-order valence-corrected chi connectivity index (χ1v) is 3.32. The van der Waals surface area contributed by atoms with Crippen molar-refractivity contribution in [3.63, 3.8) is 0 Å². The Hall–Kier alpha value is -1.07. The maximum atomic E-state index is 12.5. The molecule has 0 spiro atoms. The van der Waals surface area contributed by atoms with Crippen molar-refractivity contribution in [3.05, 3.63) is 29.6 Å². The number of hydrogen-bond donors (Lipinski definition) is 2. The highest BCUT2D eigenvalue weighted by Gasteiger charge is 2.08. The first-order chi connectivity index (χ1) is 5.65. The quantitative estimate of drug-likeness (QED) is 0.636. The summed E-state index contributed by atoms with van der Waals surface area (Å²) >= 11 is 0. The molecule has 0 aliphatic rings. The second-order valence-electron chi connectivity index (χ2n) is 2.33. The normalized spacial score (nSPS) is 13.0. The third kappa shape index (κ3) is 1.75. The SMILES string of the molecule is N[C@H](CO)c1cnc(F)c(F)c1. The molecule has 1 heterocycles. The first-order valence-electron chi connectivity index (χ1n) is 3.32. The van der Waals surface area contributed by atoms with E-state index in [4.69, 9.17) is 10.8 Å². The van der Waals surface area contributed by atoms with Gasteiger partial charge in [-0.2, -0.15) is 4.39 Å². The van der Waals surface area contributed by atoms with Crippen LogP contribution in [0.25, 0.3) is 0 Å². The Kier molecular flexibility index (Phi) is 2.67. The molecule has 12 heavy (non-hydrogen) atoms. The largest absolute Gasteiger partial charge is 0.394 e. The van der Waals surface area contributed by atoms with Crippen LogP contribution in [0, 0.1) is 11.8 Å². The van der Waals surface area contributed by atoms with Crippen molar-refractivity contribution < 1.29 is 13.9 Å². The lowest BCUT2D eigenvalue weighted by atomic mass is 10.1. The molecule has 1 aromatic heterocycles. The number of rotatable bonds is 2. The predicted octanol–water partition coefficient (Wildman–Crippen LogP) is 0.352. The third-order valence-electron chi connectivity index (χ3n) is 1.44. The van der Waals surface area contributed by atoms with E-state index in [9.17, 15) is 8.78 Å². The molecule has 3 N–H and O–H groups in total. The molecule has 0 unspecified atom stereocenters. The van der Waals surface area contributed by atoms with Gasteiger partial charge in [0.2, 0.25) is 5.95 Å². The summed E-state index contributed by atoms with van der Waals surface area (Å²) in [5, 5.41) is 8.58. The Morgan fingerprint density at radius 2 is 2.25 bits per heavy atom. The lowest BCUT2D eigenvalue weighted by molar-refractivity contribution is 0.267. The van der Waals surface area contributed by atoms with Crippen LogP contribution in [0.4, 0.5) is 8.78 Å². The molecule has 0 fully saturated rings. The van der Waals surface area contributed by atoms with Gasteiger partial charge in [-0.05, 0) is 11.6 Å². The van der Waals surface area contributed by atoms with Crippen molar-refractivity contribution in [2.75, 3.05) is 6.61 Å². The summed E-state index contributed by atoms with van der Waals surface area (Å²) in [6.07, 6.45) is 1.10. The van der Waals surface area contributed by atoms with E-state index in [1.165, 1.54) is 0 Å². The lowest BCUT2D eigenvalue weighted by Gasteiger charge is -2.06. The molecule has 0 saturated heterocycles. The zero-order valence-electron chi connectivity index (χ0n) is 6.17. The fourth-order valence-electron chi connectivity index (χ4n) is 0.744. The molecule has 0 aliphatic carbocycles. The average Bonchev–Trinajstić information content (AvgIpc) is 2.08. The van der Waals surface area contributed by atoms with Crippen molar-refractivity contribution in [2.45, 2.75) is 6.04 Å². The summed E-state index contributed by atoms with van der Waals surface area (Å²) in [6.45, 7) is -0.327. The molecule has 1 rings (SSSR count). The summed E-state index contributed by atoms with van der Waals surface area (Å²) in [5.74, 6) is -2.22. The second-order valence-corrected chi connectivity index (χ2v) is 2.33. The third-order valence-corrected chi connectivity index (χ3v) is 1.44. The summed E-state index contributed by atoms with van der Waals surface area (Å²) in [6, 6.07) is 0.205. The van der Waals surface area contributed by atoms with Crippen molar-refractivity contribution in [1.82, 2.24) is 4.98 Å². The summed E-state index contributed by atoms with van der Waals surface area (Å²) in [4.78, 5) is 3.11. The van der Waals surface area contributed by atoms with Crippen molar-refractivity contribution in [1.29, 1.82) is 0 Å². The van der Waals surface area contributed by atoms with Crippen LogP contribution in [0.5, 0.6) is 0 Å². The Balaban J connectivity index is 2.96. The smallest absolute Gasteiger partial charge is 0.248 e. The van der Waals surface area contributed by atoms with E-state index in [2.05, 4.69) is 4.98 Å². The van der Waals surface area contributed by atoms with E-state index >= 15 is 0 Å². The maximum Gasteiger partial charge on any atom is 0.248 e. The van der Waals surface area contributed by atoms with Crippen LogP contribution in [0.15, 0.2) is 12.3 Å². The van der Waals surface area contributed by atoms with Gasteiger partial charge in [0.1, 0.15) is 0 Å². The number of hydrogen-bond acceptors (Lipinski definition) is 3. The van der Waals surface area contributed by atoms with Gasteiger partial charge < -0.3 is 10.8 Å². The predicted molar refractivity (Wildman–Crippen MR) is 38.2 cm³/mol. The summed E-state index contributed by atoms with van der Waals surface area (Å²) < 4.78 is 24.8. The first kappa shape index (κ1) is 9.02. The molecule has 1 aromatic rings. The van der Waals surface area contributed by atoms with Gasteiger partial charge in [0.05, 0.1) is 12.6 Å². The van der Waals surface area contributed by atoms with E-state index in [0.717, 1.165) is 12.3 Å². The Bertz CT molecular complexity index is 280. The van der Waals surface area contributed by atoms with Gasteiger partial charge in [0.15, 0.2) is 5.82 Å². The van der Waals surface area contributed by atoms with Crippen LogP contribution in [0.1, 0.15) is 11.6 Å². The standard InChI is InChI=1S/C7H8F2N2O/c8-5-1-4(6(10)3-12)2-11-7(5)9/h1-2,6,12H,3,10H2/t6-/m1/s1. The van der Waals surface area contributed by atoms with Crippen LogP contribution < -0.4 is 5.73 Å². The van der Waals surface area contributed by atoms with Gasteiger partial charge in [-0.25, -0.2) is 9.37 Å². The molecule has 1 atom stereocenters. The highest BCUT2D eigenvalue weighted by atomic mass is 19.2. The Morgan fingerprint density at radius 3 is 2.75 bits per heavy atom. The molecule has 3 nitrogen and oxygen atoms in total. The fraction of sp³-hybridized carbons (Fsp3) is 0.286. The zero-order chi connectivity index (χ0) is 9.14. The van der Waals surface area contributed by atoms with Crippen LogP contribution in [-0.4, -0.2) is 16.7 Å². The number of halogens is 2. The molecular weight excluding hydrogens is 166 g/mol. The molecule has 0 amide bonds. The number of aliphatic hydroxyl groups is 1. The zero-order valence-corrected chi connectivity index (χ0v) is 6.17. The van der Waals surface area contributed by atoms with E-state index < -0.39 is 17.8 Å². The van der Waals surface area contributed by atoms with Gasteiger partial charge >= 0.3 is 0 Å². The topological polar surface area (TPSA) is 59.1 Å². The minimum absolute atomic E-state index is 0.274. The Labute approximate surface area is 67.8 Å². The van der Waals surface area contributed by atoms with Crippen molar-refractivity contribution in [2.24, 2.45) is 5.73 Å². The lowest BCUT2D eigenvalue weighted by Crippen LogP contribution is -2.15. The second kappa shape index (κ2) is 3.55. The van der Waals surface area contributed by atoms with Gasteiger partial charge in [-0.1, -0.05) is 0 Å². The highest BCUT2D eigenvalue weighted by molar-refractivity contribution is 5.15. The molecule has 0 aromatic carbocycles.